The molecule has 2 fully saturated rings. The van der Waals surface area contributed by atoms with Gasteiger partial charge in [0, 0.05) is 31.4 Å². The fourth-order valence-electron chi connectivity index (χ4n) is 3.01. The fraction of sp³-hybridized carbons (Fsp3) is 0.786. The molecule has 3 rings (SSSR count). The zero-order chi connectivity index (χ0) is 14.0. The number of aromatic nitrogens is 2. The summed E-state index contributed by atoms with van der Waals surface area (Å²) in [5, 5.41) is -0.179. The summed E-state index contributed by atoms with van der Waals surface area (Å²) in [4.78, 5) is 4.37. The standard InChI is InChI=1S/C14H23N3O2S/c18-20(19,13-4-2-1-3-5-13)16-9-11-17-10-8-15-14(17)12-6-7-12/h8,10,12-13,16H,1-7,9,11H2. The summed E-state index contributed by atoms with van der Waals surface area (Å²) in [6, 6.07) is 0. The largest absolute Gasteiger partial charge is 0.333 e. The molecular weight excluding hydrogens is 274 g/mol. The molecule has 2 aliphatic carbocycles. The van der Waals surface area contributed by atoms with Gasteiger partial charge in [-0.15, -0.1) is 0 Å². The van der Waals surface area contributed by atoms with Crippen molar-refractivity contribution in [3.8, 4) is 0 Å². The lowest BCUT2D eigenvalue weighted by atomic mass is 10.0. The van der Waals surface area contributed by atoms with E-state index in [1.807, 2.05) is 12.4 Å². The van der Waals surface area contributed by atoms with Gasteiger partial charge < -0.3 is 4.57 Å². The summed E-state index contributed by atoms with van der Waals surface area (Å²) in [6.45, 7) is 1.15. The van der Waals surface area contributed by atoms with Crippen LogP contribution >= 0.6 is 0 Å². The molecule has 0 atom stereocenters. The summed E-state index contributed by atoms with van der Waals surface area (Å²) in [6.07, 6.45) is 11.1. The van der Waals surface area contributed by atoms with Crippen LogP contribution in [-0.4, -0.2) is 29.8 Å². The van der Waals surface area contributed by atoms with Crippen molar-refractivity contribution in [1.29, 1.82) is 0 Å². The Labute approximate surface area is 120 Å². The third-order valence-electron chi connectivity index (χ3n) is 4.34. The van der Waals surface area contributed by atoms with Crippen molar-refractivity contribution in [3.05, 3.63) is 18.2 Å². The van der Waals surface area contributed by atoms with Gasteiger partial charge in [-0.2, -0.15) is 0 Å². The van der Waals surface area contributed by atoms with Crippen LogP contribution in [0.3, 0.4) is 0 Å². The Morgan fingerprint density at radius 2 is 1.95 bits per heavy atom. The van der Waals surface area contributed by atoms with Crippen LogP contribution in [0.4, 0.5) is 0 Å². The Morgan fingerprint density at radius 1 is 1.20 bits per heavy atom. The lowest BCUT2D eigenvalue weighted by molar-refractivity contribution is 0.475. The van der Waals surface area contributed by atoms with Gasteiger partial charge in [0.2, 0.25) is 10.0 Å². The molecule has 1 N–H and O–H groups in total. The number of rotatable bonds is 6. The van der Waals surface area contributed by atoms with Gasteiger partial charge in [0.05, 0.1) is 5.25 Å². The summed E-state index contributed by atoms with van der Waals surface area (Å²) in [7, 11) is -3.14. The minimum absolute atomic E-state index is 0.179. The first-order valence-electron chi connectivity index (χ1n) is 7.66. The Kier molecular flexibility index (Phi) is 4.12. The third kappa shape index (κ3) is 3.23. The molecule has 112 valence electrons. The Hall–Kier alpha value is -0.880. The second-order valence-electron chi connectivity index (χ2n) is 5.95. The molecule has 0 aromatic carbocycles. The number of imidazole rings is 1. The van der Waals surface area contributed by atoms with E-state index in [4.69, 9.17) is 0 Å². The minimum Gasteiger partial charge on any atom is -0.333 e. The molecule has 0 radical (unpaired) electrons. The van der Waals surface area contributed by atoms with Crippen LogP contribution in [0, 0.1) is 0 Å². The lowest BCUT2D eigenvalue weighted by Crippen LogP contribution is -2.37. The average molecular weight is 297 g/mol. The molecule has 1 heterocycles. The van der Waals surface area contributed by atoms with Crippen LogP contribution in [0.2, 0.25) is 0 Å². The van der Waals surface area contributed by atoms with E-state index < -0.39 is 10.0 Å². The van der Waals surface area contributed by atoms with Crippen molar-refractivity contribution in [2.75, 3.05) is 6.54 Å². The van der Waals surface area contributed by atoms with Crippen LogP contribution < -0.4 is 4.72 Å². The summed E-state index contributed by atoms with van der Waals surface area (Å²) in [5.41, 5.74) is 0. The van der Waals surface area contributed by atoms with E-state index >= 15 is 0 Å². The van der Waals surface area contributed by atoms with Crippen molar-refractivity contribution < 1.29 is 8.42 Å². The molecule has 0 aliphatic heterocycles. The van der Waals surface area contributed by atoms with Gasteiger partial charge in [0.15, 0.2) is 0 Å². The molecule has 0 bridgehead atoms. The summed E-state index contributed by atoms with van der Waals surface area (Å²) in [5.74, 6) is 1.71. The van der Waals surface area contributed by atoms with Crippen molar-refractivity contribution in [2.45, 2.75) is 62.7 Å². The number of hydrogen-bond donors (Lipinski definition) is 1. The maximum Gasteiger partial charge on any atom is 0.214 e. The third-order valence-corrected chi connectivity index (χ3v) is 6.29. The molecular formula is C14H23N3O2S. The van der Waals surface area contributed by atoms with E-state index in [1.54, 1.807) is 0 Å². The molecule has 0 unspecified atom stereocenters. The first kappa shape index (κ1) is 14.1. The maximum atomic E-state index is 12.2. The van der Waals surface area contributed by atoms with Gasteiger partial charge in [-0.1, -0.05) is 19.3 Å². The van der Waals surface area contributed by atoms with Crippen LogP contribution in [0.1, 0.15) is 56.7 Å². The quantitative estimate of drug-likeness (QED) is 0.873. The van der Waals surface area contributed by atoms with E-state index in [-0.39, 0.29) is 5.25 Å². The highest BCUT2D eigenvalue weighted by Crippen LogP contribution is 2.38. The van der Waals surface area contributed by atoms with Crippen molar-refractivity contribution in [2.24, 2.45) is 0 Å². The van der Waals surface area contributed by atoms with Crippen LogP contribution in [0.15, 0.2) is 12.4 Å². The predicted molar refractivity (Wildman–Crippen MR) is 78.0 cm³/mol. The smallest absolute Gasteiger partial charge is 0.214 e. The normalized spacial score (nSPS) is 21.2. The van der Waals surface area contributed by atoms with Gasteiger partial charge in [0.1, 0.15) is 5.82 Å². The van der Waals surface area contributed by atoms with Crippen molar-refractivity contribution in [1.82, 2.24) is 14.3 Å². The Balaban J connectivity index is 1.52. The van der Waals surface area contributed by atoms with E-state index in [0.29, 0.717) is 19.0 Å². The fourth-order valence-corrected chi connectivity index (χ4v) is 4.58. The number of sulfonamides is 1. The molecule has 2 aliphatic rings. The lowest BCUT2D eigenvalue weighted by Gasteiger charge is -2.22. The molecule has 6 heteroatoms. The SMILES string of the molecule is O=S(=O)(NCCn1ccnc1C1CC1)C1CCCCC1. The predicted octanol–water partition coefficient (Wildman–Crippen LogP) is 2.01. The van der Waals surface area contributed by atoms with Gasteiger partial charge in [-0.25, -0.2) is 18.1 Å². The summed E-state index contributed by atoms with van der Waals surface area (Å²) < 4.78 is 29.3. The van der Waals surface area contributed by atoms with Crippen molar-refractivity contribution >= 4 is 10.0 Å². The average Bonchev–Trinajstić information content (AvgIpc) is 3.20. The molecule has 0 saturated heterocycles. The number of hydrogen-bond acceptors (Lipinski definition) is 3. The van der Waals surface area contributed by atoms with E-state index in [9.17, 15) is 8.42 Å². The van der Waals surface area contributed by atoms with Gasteiger partial charge in [0.25, 0.3) is 0 Å². The zero-order valence-corrected chi connectivity index (χ0v) is 12.6. The topological polar surface area (TPSA) is 64.0 Å². The van der Waals surface area contributed by atoms with Crippen LogP contribution in [-0.2, 0) is 16.6 Å². The molecule has 20 heavy (non-hydrogen) atoms. The van der Waals surface area contributed by atoms with Crippen LogP contribution in [0.25, 0.3) is 0 Å². The second kappa shape index (κ2) is 5.85. The molecule has 1 aromatic rings. The van der Waals surface area contributed by atoms with Crippen LogP contribution in [0.5, 0.6) is 0 Å². The monoisotopic (exact) mass is 297 g/mol. The maximum absolute atomic E-state index is 12.2. The molecule has 5 nitrogen and oxygen atoms in total. The van der Waals surface area contributed by atoms with E-state index in [2.05, 4.69) is 14.3 Å². The first-order chi connectivity index (χ1) is 9.67. The summed E-state index contributed by atoms with van der Waals surface area (Å²) >= 11 is 0. The van der Waals surface area contributed by atoms with E-state index in [1.165, 1.54) is 19.3 Å². The molecule has 2 saturated carbocycles. The number of nitrogens with one attached hydrogen (secondary N) is 1. The molecule has 0 amide bonds. The van der Waals surface area contributed by atoms with Gasteiger partial charge in [-0.05, 0) is 25.7 Å². The van der Waals surface area contributed by atoms with Crippen molar-refractivity contribution in [3.63, 3.8) is 0 Å². The first-order valence-corrected chi connectivity index (χ1v) is 9.21. The van der Waals surface area contributed by atoms with Gasteiger partial charge >= 0.3 is 0 Å². The highest BCUT2D eigenvalue weighted by Gasteiger charge is 2.29. The Morgan fingerprint density at radius 3 is 2.65 bits per heavy atom. The number of nitrogens with zero attached hydrogens (tertiary/aromatic N) is 2. The van der Waals surface area contributed by atoms with Gasteiger partial charge in [-0.3, -0.25) is 0 Å². The highest BCUT2D eigenvalue weighted by atomic mass is 32.2. The Bertz CT molecular complexity index is 543. The zero-order valence-electron chi connectivity index (χ0n) is 11.8. The van der Waals surface area contributed by atoms with E-state index in [0.717, 1.165) is 31.5 Å². The molecule has 0 spiro atoms. The molecule has 1 aromatic heterocycles. The second-order valence-corrected chi connectivity index (χ2v) is 8.00. The minimum atomic E-state index is -3.14. The highest BCUT2D eigenvalue weighted by molar-refractivity contribution is 7.90.